The number of piperidine rings is 1. The van der Waals surface area contributed by atoms with E-state index in [2.05, 4.69) is 10.2 Å². The first kappa shape index (κ1) is 17.1. The van der Waals surface area contributed by atoms with E-state index in [1.54, 1.807) is 12.1 Å². The van der Waals surface area contributed by atoms with E-state index < -0.39 is 0 Å². The Morgan fingerprint density at radius 3 is 3.00 bits per heavy atom. The van der Waals surface area contributed by atoms with Crippen LogP contribution < -0.4 is 5.32 Å². The lowest BCUT2D eigenvalue weighted by Gasteiger charge is -2.34. The molecule has 5 nitrogen and oxygen atoms in total. The summed E-state index contributed by atoms with van der Waals surface area (Å²) in [4.78, 5) is 26.5. The van der Waals surface area contributed by atoms with E-state index in [1.807, 2.05) is 6.07 Å². The summed E-state index contributed by atoms with van der Waals surface area (Å²) in [6, 6.07) is 5.68. The summed E-state index contributed by atoms with van der Waals surface area (Å²) in [5.74, 6) is 0.0543. The second kappa shape index (κ2) is 7.90. The van der Waals surface area contributed by atoms with Gasteiger partial charge in [-0.15, -0.1) is 0 Å². The molecule has 1 fully saturated rings. The Morgan fingerprint density at radius 2 is 2.17 bits per heavy atom. The van der Waals surface area contributed by atoms with Crippen LogP contribution in [0.5, 0.6) is 0 Å². The number of carbonyl (C=O) groups excluding carboxylic acids is 2. The number of nitrogens with one attached hydrogen (secondary N) is 1. The van der Waals surface area contributed by atoms with Gasteiger partial charge in [0.15, 0.2) is 5.78 Å². The number of nitrogens with zero attached hydrogens (tertiary/aromatic N) is 1. The zero-order chi connectivity index (χ0) is 16.9. The highest BCUT2D eigenvalue weighted by molar-refractivity contribution is 6.05. The van der Waals surface area contributed by atoms with Gasteiger partial charge in [-0.2, -0.15) is 0 Å². The Bertz CT molecular complexity index is 615. The van der Waals surface area contributed by atoms with Gasteiger partial charge in [-0.3, -0.25) is 14.5 Å². The molecule has 1 atom stereocenters. The molecule has 2 N–H and O–H groups in total. The van der Waals surface area contributed by atoms with Crippen molar-refractivity contribution in [3.63, 3.8) is 0 Å². The maximum absolute atomic E-state index is 12.4. The number of fused-ring (bicyclic) bond motifs is 1. The van der Waals surface area contributed by atoms with Crippen molar-refractivity contribution >= 4 is 11.7 Å². The highest BCUT2D eigenvalue weighted by Crippen LogP contribution is 2.25. The molecule has 0 saturated carbocycles. The lowest BCUT2D eigenvalue weighted by Crippen LogP contribution is -2.43. The van der Waals surface area contributed by atoms with Crippen LogP contribution in [-0.4, -0.2) is 54.0 Å². The lowest BCUT2D eigenvalue weighted by atomic mass is 10.0. The number of amides is 1. The van der Waals surface area contributed by atoms with Gasteiger partial charge in [0, 0.05) is 36.7 Å². The number of benzene rings is 1. The van der Waals surface area contributed by atoms with Gasteiger partial charge in [0.25, 0.3) is 5.91 Å². The molecule has 1 aromatic carbocycles. The summed E-state index contributed by atoms with van der Waals surface area (Å²) in [5, 5.41) is 12.4. The van der Waals surface area contributed by atoms with E-state index in [0.717, 1.165) is 31.5 Å². The largest absolute Gasteiger partial charge is 0.395 e. The predicted octanol–water partition coefficient (Wildman–Crippen LogP) is 1.78. The van der Waals surface area contributed by atoms with Gasteiger partial charge in [-0.1, -0.05) is 18.6 Å². The van der Waals surface area contributed by atoms with Crippen molar-refractivity contribution in [2.45, 2.75) is 44.6 Å². The molecule has 1 saturated heterocycles. The number of Topliss-reactive ketones (excluding diaryl/α,β-unsaturated/α-hetero) is 1. The molecule has 1 amide bonds. The fourth-order valence-corrected chi connectivity index (χ4v) is 3.84. The Hall–Kier alpha value is -1.72. The number of carbonyl (C=O) groups is 2. The molecule has 24 heavy (non-hydrogen) atoms. The summed E-state index contributed by atoms with van der Waals surface area (Å²) in [5.41, 5.74) is 2.25. The summed E-state index contributed by atoms with van der Waals surface area (Å²) in [7, 11) is 0. The molecule has 0 spiro atoms. The zero-order valence-corrected chi connectivity index (χ0v) is 14.1. The van der Waals surface area contributed by atoms with E-state index in [0.29, 0.717) is 30.5 Å². The highest BCUT2D eigenvalue weighted by atomic mass is 16.3. The molecule has 1 aliphatic heterocycles. The molecule has 0 radical (unpaired) electrons. The molecule has 1 heterocycles. The first-order valence-electron chi connectivity index (χ1n) is 8.99. The van der Waals surface area contributed by atoms with Crippen molar-refractivity contribution in [3.8, 4) is 0 Å². The molecule has 3 rings (SSSR count). The molecule has 2 aliphatic rings. The number of likely N-dealkylation sites (tertiary alicyclic amines) is 1. The molecule has 0 aromatic heterocycles. The van der Waals surface area contributed by atoms with E-state index in [4.69, 9.17) is 0 Å². The quantitative estimate of drug-likeness (QED) is 0.780. The molecule has 1 aliphatic carbocycles. The topological polar surface area (TPSA) is 69.6 Å². The Morgan fingerprint density at radius 1 is 1.29 bits per heavy atom. The van der Waals surface area contributed by atoms with Crippen LogP contribution in [0.25, 0.3) is 0 Å². The number of ketones is 1. The van der Waals surface area contributed by atoms with Crippen molar-refractivity contribution < 1.29 is 14.7 Å². The van der Waals surface area contributed by atoms with Gasteiger partial charge in [0.1, 0.15) is 0 Å². The van der Waals surface area contributed by atoms with Gasteiger partial charge in [0.2, 0.25) is 0 Å². The average Bonchev–Trinajstić information content (AvgIpc) is 3.00. The van der Waals surface area contributed by atoms with Crippen LogP contribution in [-0.2, 0) is 6.42 Å². The minimum absolute atomic E-state index is 0.0843. The molecule has 130 valence electrons. The standard InChI is InChI=1S/C19H26N2O3/c22-13-14-5-1-2-11-21(14)12-4-10-20-19(24)17-7-3-6-16-15(17)8-9-18(16)23/h3,6-7,14,22H,1-2,4-5,8-13H2,(H,20,24)/t14-/m0/s1. The van der Waals surface area contributed by atoms with Crippen molar-refractivity contribution in [1.29, 1.82) is 0 Å². The number of hydrogen-bond donors (Lipinski definition) is 2. The minimum atomic E-state index is -0.0843. The maximum Gasteiger partial charge on any atom is 0.251 e. The van der Waals surface area contributed by atoms with Crippen molar-refractivity contribution in [2.24, 2.45) is 0 Å². The van der Waals surface area contributed by atoms with Gasteiger partial charge in [-0.05, 0) is 43.9 Å². The van der Waals surface area contributed by atoms with Gasteiger partial charge < -0.3 is 10.4 Å². The van der Waals surface area contributed by atoms with Crippen molar-refractivity contribution in [3.05, 3.63) is 34.9 Å². The predicted molar refractivity (Wildman–Crippen MR) is 92.3 cm³/mol. The third-order valence-electron chi connectivity index (χ3n) is 5.19. The normalized spacial score (nSPS) is 20.9. The highest BCUT2D eigenvalue weighted by Gasteiger charge is 2.24. The number of aliphatic hydroxyl groups excluding tert-OH is 1. The fraction of sp³-hybridized carbons (Fsp3) is 0.579. The fourth-order valence-electron chi connectivity index (χ4n) is 3.84. The van der Waals surface area contributed by atoms with E-state index in [1.165, 1.54) is 12.8 Å². The number of hydrogen-bond acceptors (Lipinski definition) is 4. The molecule has 0 bridgehead atoms. The summed E-state index contributed by atoms with van der Waals surface area (Å²) in [6.07, 6.45) is 5.49. The second-order valence-electron chi connectivity index (χ2n) is 6.73. The molecule has 1 aromatic rings. The molecule has 5 heteroatoms. The van der Waals surface area contributed by atoms with Crippen molar-refractivity contribution in [1.82, 2.24) is 10.2 Å². The first-order chi connectivity index (χ1) is 11.7. The van der Waals surface area contributed by atoms with Crippen molar-refractivity contribution in [2.75, 3.05) is 26.2 Å². The minimum Gasteiger partial charge on any atom is -0.395 e. The van der Waals surface area contributed by atoms with Crippen LogP contribution in [0.2, 0.25) is 0 Å². The van der Waals surface area contributed by atoms with Crippen LogP contribution in [0.15, 0.2) is 18.2 Å². The monoisotopic (exact) mass is 330 g/mol. The van der Waals surface area contributed by atoms with E-state index >= 15 is 0 Å². The van der Waals surface area contributed by atoms with Crippen LogP contribution in [0.4, 0.5) is 0 Å². The Balaban J connectivity index is 1.49. The van der Waals surface area contributed by atoms with Crippen LogP contribution in [0.1, 0.15) is 58.4 Å². The van der Waals surface area contributed by atoms with E-state index in [9.17, 15) is 14.7 Å². The van der Waals surface area contributed by atoms with Crippen LogP contribution in [0, 0.1) is 0 Å². The second-order valence-corrected chi connectivity index (χ2v) is 6.73. The number of aliphatic hydroxyl groups is 1. The van der Waals surface area contributed by atoms with Gasteiger partial charge in [0.05, 0.1) is 6.61 Å². The third-order valence-corrected chi connectivity index (χ3v) is 5.19. The SMILES string of the molecule is O=C1CCc2c1cccc2C(=O)NCCCN1CCCC[C@H]1CO. The molecule has 0 unspecified atom stereocenters. The number of rotatable bonds is 6. The summed E-state index contributed by atoms with van der Waals surface area (Å²) < 4.78 is 0. The Kier molecular flexibility index (Phi) is 5.63. The molecular weight excluding hydrogens is 304 g/mol. The summed E-state index contributed by atoms with van der Waals surface area (Å²) in [6.45, 7) is 2.77. The summed E-state index contributed by atoms with van der Waals surface area (Å²) >= 11 is 0. The maximum atomic E-state index is 12.4. The van der Waals surface area contributed by atoms with E-state index in [-0.39, 0.29) is 24.3 Å². The van der Waals surface area contributed by atoms with Crippen LogP contribution in [0.3, 0.4) is 0 Å². The smallest absolute Gasteiger partial charge is 0.251 e. The Labute approximate surface area is 143 Å². The van der Waals surface area contributed by atoms with Crippen LogP contribution >= 0.6 is 0 Å². The first-order valence-corrected chi connectivity index (χ1v) is 8.99. The zero-order valence-electron chi connectivity index (χ0n) is 14.1. The van der Waals surface area contributed by atoms with Gasteiger partial charge >= 0.3 is 0 Å². The molecular formula is C19H26N2O3. The van der Waals surface area contributed by atoms with Gasteiger partial charge in [-0.25, -0.2) is 0 Å². The third kappa shape index (κ3) is 3.68. The average molecular weight is 330 g/mol. The lowest BCUT2D eigenvalue weighted by molar-refractivity contribution is 0.0868.